The fourth-order valence-electron chi connectivity index (χ4n) is 1.85. The van der Waals surface area contributed by atoms with Crippen molar-refractivity contribution in [2.24, 2.45) is 5.92 Å². The van der Waals surface area contributed by atoms with Crippen LogP contribution in [-0.2, 0) is 9.53 Å². The van der Waals surface area contributed by atoms with Crippen molar-refractivity contribution in [1.82, 2.24) is 5.32 Å². The van der Waals surface area contributed by atoms with Crippen LogP contribution in [0.2, 0.25) is 0 Å². The summed E-state index contributed by atoms with van der Waals surface area (Å²) in [6.45, 7) is 10.8. The summed E-state index contributed by atoms with van der Waals surface area (Å²) in [7, 11) is 0. The van der Waals surface area contributed by atoms with Crippen LogP contribution in [0.4, 0.5) is 5.00 Å². The molecule has 0 spiro atoms. The second-order valence-corrected chi connectivity index (χ2v) is 6.77. The second-order valence-electron chi connectivity index (χ2n) is 5.75. The minimum atomic E-state index is -0.538. The maximum absolute atomic E-state index is 12.3. The molecule has 0 radical (unpaired) electrons. The molecule has 23 heavy (non-hydrogen) atoms. The first-order valence-corrected chi connectivity index (χ1v) is 8.42. The molecule has 0 aliphatic rings. The highest BCUT2D eigenvalue weighted by atomic mass is 32.1. The van der Waals surface area contributed by atoms with E-state index in [-0.39, 0.29) is 35.9 Å². The van der Waals surface area contributed by atoms with Gasteiger partial charge in [-0.15, -0.1) is 11.3 Å². The lowest BCUT2D eigenvalue weighted by molar-refractivity contribution is -0.118. The minimum absolute atomic E-state index is 0.0243. The first-order valence-electron chi connectivity index (χ1n) is 7.61. The van der Waals surface area contributed by atoms with E-state index in [1.807, 2.05) is 13.8 Å². The second kappa shape index (κ2) is 8.10. The van der Waals surface area contributed by atoms with Gasteiger partial charge in [0.2, 0.25) is 5.91 Å². The monoisotopic (exact) mass is 340 g/mol. The SMILES string of the molecule is CCOC(=O)c1c(NC(=O)C(C)C)sc(C(=O)NC(C)C)c1C. The van der Waals surface area contributed by atoms with Crippen molar-refractivity contribution >= 4 is 34.1 Å². The number of thiophene rings is 1. The number of carbonyl (C=O) groups is 3. The largest absolute Gasteiger partial charge is 0.462 e. The molecular formula is C16H24N2O4S. The highest BCUT2D eigenvalue weighted by molar-refractivity contribution is 7.18. The smallest absolute Gasteiger partial charge is 0.341 e. The maximum Gasteiger partial charge on any atom is 0.341 e. The molecule has 128 valence electrons. The molecule has 0 aliphatic carbocycles. The Labute approximate surface area is 140 Å². The molecule has 2 N–H and O–H groups in total. The summed E-state index contributed by atoms with van der Waals surface area (Å²) in [4.78, 5) is 36.8. The van der Waals surface area contributed by atoms with Crippen molar-refractivity contribution < 1.29 is 19.1 Å². The van der Waals surface area contributed by atoms with Crippen LogP contribution >= 0.6 is 11.3 Å². The van der Waals surface area contributed by atoms with Crippen molar-refractivity contribution in [1.29, 1.82) is 0 Å². The summed E-state index contributed by atoms with van der Waals surface area (Å²) in [5.74, 6) is -1.25. The van der Waals surface area contributed by atoms with E-state index in [9.17, 15) is 14.4 Å². The average Bonchev–Trinajstić information content (AvgIpc) is 2.74. The minimum Gasteiger partial charge on any atom is -0.462 e. The number of carbonyl (C=O) groups excluding carboxylic acids is 3. The molecule has 2 amide bonds. The van der Waals surface area contributed by atoms with Gasteiger partial charge in [0.25, 0.3) is 5.91 Å². The molecule has 0 bridgehead atoms. The Morgan fingerprint density at radius 3 is 2.26 bits per heavy atom. The number of esters is 1. The Balaban J connectivity index is 3.28. The molecule has 0 aliphatic heterocycles. The molecule has 6 nitrogen and oxygen atoms in total. The van der Waals surface area contributed by atoms with Gasteiger partial charge in [-0.2, -0.15) is 0 Å². The van der Waals surface area contributed by atoms with Gasteiger partial charge < -0.3 is 15.4 Å². The van der Waals surface area contributed by atoms with Crippen molar-refractivity contribution in [3.05, 3.63) is 16.0 Å². The van der Waals surface area contributed by atoms with Crippen LogP contribution in [0.25, 0.3) is 0 Å². The Morgan fingerprint density at radius 1 is 1.17 bits per heavy atom. The van der Waals surface area contributed by atoms with Crippen LogP contribution in [0, 0.1) is 12.8 Å². The van der Waals surface area contributed by atoms with Crippen LogP contribution in [0.5, 0.6) is 0 Å². The lowest BCUT2D eigenvalue weighted by atomic mass is 10.1. The van der Waals surface area contributed by atoms with Gasteiger partial charge >= 0.3 is 5.97 Å². The summed E-state index contributed by atoms with van der Waals surface area (Å²) in [5, 5.41) is 5.87. The first-order chi connectivity index (χ1) is 10.7. The highest BCUT2D eigenvalue weighted by Gasteiger charge is 2.27. The van der Waals surface area contributed by atoms with Gasteiger partial charge in [-0.25, -0.2) is 4.79 Å². The van der Waals surface area contributed by atoms with Gasteiger partial charge in [0.15, 0.2) is 0 Å². The Hall–Kier alpha value is -1.89. The summed E-state index contributed by atoms with van der Waals surface area (Å²) in [6.07, 6.45) is 0. The standard InChI is InChI=1S/C16H24N2O4S/c1-7-22-16(21)11-10(6)12(14(20)17-9(4)5)23-15(11)18-13(19)8(2)3/h8-9H,7H2,1-6H3,(H,17,20)(H,18,19). The lowest BCUT2D eigenvalue weighted by Gasteiger charge is -2.08. The van der Waals surface area contributed by atoms with Gasteiger partial charge in [-0.1, -0.05) is 13.8 Å². The molecule has 7 heteroatoms. The molecule has 0 aromatic carbocycles. The number of ether oxygens (including phenoxy) is 1. The maximum atomic E-state index is 12.3. The number of hydrogen-bond donors (Lipinski definition) is 2. The van der Waals surface area contributed by atoms with E-state index in [0.29, 0.717) is 15.4 Å². The molecule has 1 aromatic rings. The van der Waals surface area contributed by atoms with E-state index in [2.05, 4.69) is 10.6 Å². The summed E-state index contributed by atoms with van der Waals surface area (Å²) in [6, 6.07) is -0.0243. The predicted molar refractivity (Wildman–Crippen MR) is 91.1 cm³/mol. The van der Waals surface area contributed by atoms with Gasteiger partial charge in [0.05, 0.1) is 17.0 Å². The Bertz CT molecular complexity index is 605. The zero-order valence-electron chi connectivity index (χ0n) is 14.4. The molecule has 1 heterocycles. The predicted octanol–water partition coefficient (Wildman–Crippen LogP) is 2.97. The third-order valence-electron chi connectivity index (χ3n) is 3.01. The zero-order chi connectivity index (χ0) is 17.7. The number of rotatable bonds is 6. The third kappa shape index (κ3) is 4.79. The Kier molecular flexibility index (Phi) is 6.75. The molecule has 0 saturated carbocycles. The van der Waals surface area contributed by atoms with E-state index in [1.54, 1.807) is 27.7 Å². The van der Waals surface area contributed by atoms with Crippen molar-refractivity contribution in [3.8, 4) is 0 Å². The Morgan fingerprint density at radius 2 is 1.78 bits per heavy atom. The molecule has 0 fully saturated rings. The third-order valence-corrected chi connectivity index (χ3v) is 4.22. The fraction of sp³-hybridized carbons (Fsp3) is 0.562. The molecule has 0 atom stereocenters. The van der Waals surface area contributed by atoms with E-state index in [4.69, 9.17) is 4.74 Å². The highest BCUT2D eigenvalue weighted by Crippen LogP contribution is 2.34. The van der Waals surface area contributed by atoms with Gasteiger partial charge in [0.1, 0.15) is 5.00 Å². The van der Waals surface area contributed by atoms with Crippen molar-refractivity contribution in [2.75, 3.05) is 11.9 Å². The van der Waals surface area contributed by atoms with Crippen LogP contribution in [-0.4, -0.2) is 30.4 Å². The first kappa shape index (κ1) is 19.2. The molecule has 0 unspecified atom stereocenters. The topological polar surface area (TPSA) is 84.5 Å². The summed E-state index contributed by atoms with van der Waals surface area (Å²) >= 11 is 1.09. The number of nitrogens with one attached hydrogen (secondary N) is 2. The summed E-state index contributed by atoms with van der Waals surface area (Å²) in [5.41, 5.74) is 0.769. The van der Waals surface area contributed by atoms with Crippen LogP contribution in [0.1, 0.15) is 60.2 Å². The summed E-state index contributed by atoms with van der Waals surface area (Å²) < 4.78 is 5.05. The van der Waals surface area contributed by atoms with E-state index in [1.165, 1.54) is 0 Å². The van der Waals surface area contributed by atoms with Crippen molar-refractivity contribution in [2.45, 2.75) is 47.6 Å². The van der Waals surface area contributed by atoms with Gasteiger partial charge in [0, 0.05) is 12.0 Å². The molecule has 0 saturated heterocycles. The van der Waals surface area contributed by atoms with Crippen LogP contribution in [0.15, 0.2) is 0 Å². The van der Waals surface area contributed by atoms with Gasteiger partial charge in [-0.05, 0) is 33.3 Å². The quantitative estimate of drug-likeness (QED) is 0.780. The lowest BCUT2D eigenvalue weighted by Crippen LogP contribution is -2.29. The molecular weight excluding hydrogens is 316 g/mol. The molecule has 1 rings (SSSR count). The number of hydrogen-bond acceptors (Lipinski definition) is 5. The van der Waals surface area contributed by atoms with Crippen LogP contribution in [0.3, 0.4) is 0 Å². The van der Waals surface area contributed by atoms with Crippen LogP contribution < -0.4 is 10.6 Å². The fourth-order valence-corrected chi connectivity index (χ4v) is 2.95. The van der Waals surface area contributed by atoms with Crippen molar-refractivity contribution in [3.63, 3.8) is 0 Å². The molecule has 1 aromatic heterocycles. The number of anilines is 1. The average molecular weight is 340 g/mol. The zero-order valence-corrected chi connectivity index (χ0v) is 15.2. The van der Waals surface area contributed by atoms with E-state index in [0.717, 1.165) is 11.3 Å². The van der Waals surface area contributed by atoms with E-state index >= 15 is 0 Å². The number of amides is 2. The van der Waals surface area contributed by atoms with Gasteiger partial charge in [-0.3, -0.25) is 9.59 Å². The van der Waals surface area contributed by atoms with E-state index < -0.39 is 5.97 Å². The normalized spacial score (nSPS) is 10.8.